The van der Waals surface area contributed by atoms with E-state index in [1.807, 2.05) is 6.92 Å². The average Bonchev–Trinajstić information content (AvgIpc) is 2.31. The van der Waals surface area contributed by atoms with Crippen LogP contribution < -0.4 is 5.73 Å². The van der Waals surface area contributed by atoms with E-state index >= 15 is 0 Å². The summed E-state index contributed by atoms with van der Waals surface area (Å²) in [5.41, 5.74) is 6.60. The Kier molecular flexibility index (Phi) is 4.20. The number of halogens is 1. The van der Waals surface area contributed by atoms with Crippen molar-refractivity contribution < 1.29 is 8.42 Å². The van der Waals surface area contributed by atoms with Crippen molar-refractivity contribution in [3.05, 3.63) is 28.8 Å². The van der Waals surface area contributed by atoms with Gasteiger partial charge in [-0.2, -0.15) is 4.31 Å². The smallest absolute Gasteiger partial charge is 0.243 e. The van der Waals surface area contributed by atoms with Gasteiger partial charge in [-0.1, -0.05) is 17.7 Å². The minimum Gasteiger partial charge on any atom is -0.328 e. The summed E-state index contributed by atoms with van der Waals surface area (Å²) in [6.45, 7) is 4.15. The second kappa shape index (κ2) is 5.40. The fraction of sp³-hybridized carbons (Fsp3) is 0.538. The molecule has 19 heavy (non-hydrogen) atoms. The molecule has 1 fully saturated rings. The van der Waals surface area contributed by atoms with Crippen molar-refractivity contribution in [1.82, 2.24) is 4.31 Å². The maximum Gasteiger partial charge on any atom is 0.243 e. The molecule has 4 nitrogen and oxygen atoms in total. The van der Waals surface area contributed by atoms with Gasteiger partial charge in [-0.15, -0.1) is 0 Å². The minimum atomic E-state index is -3.49. The van der Waals surface area contributed by atoms with Crippen molar-refractivity contribution >= 4 is 21.6 Å². The number of hydrogen-bond donors (Lipinski definition) is 1. The molecule has 0 amide bonds. The van der Waals surface area contributed by atoms with Gasteiger partial charge in [0.2, 0.25) is 10.0 Å². The Hall–Kier alpha value is -0.620. The number of aryl methyl sites for hydroxylation is 1. The minimum absolute atomic E-state index is 0.0767. The van der Waals surface area contributed by atoms with E-state index in [9.17, 15) is 8.42 Å². The van der Waals surface area contributed by atoms with Gasteiger partial charge < -0.3 is 5.73 Å². The van der Waals surface area contributed by atoms with Gasteiger partial charge >= 0.3 is 0 Å². The molecule has 0 aromatic heterocycles. The number of nitrogens with two attached hydrogens (primary N) is 1. The molecule has 1 aliphatic heterocycles. The molecule has 0 bridgehead atoms. The second-order valence-corrected chi connectivity index (χ2v) is 7.45. The molecule has 6 heteroatoms. The van der Waals surface area contributed by atoms with Crippen LogP contribution in [0.4, 0.5) is 0 Å². The number of hydrogen-bond acceptors (Lipinski definition) is 3. The molecule has 1 aromatic carbocycles. The van der Waals surface area contributed by atoms with E-state index in [2.05, 4.69) is 0 Å². The number of benzene rings is 1. The fourth-order valence-electron chi connectivity index (χ4n) is 2.52. The van der Waals surface area contributed by atoms with Gasteiger partial charge in [-0.25, -0.2) is 8.42 Å². The van der Waals surface area contributed by atoms with Gasteiger partial charge in [-0.05, 0) is 44.4 Å². The van der Waals surface area contributed by atoms with Crippen LogP contribution in [0.25, 0.3) is 0 Å². The Morgan fingerprint density at radius 3 is 2.74 bits per heavy atom. The Morgan fingerprint density at radius 2 is 2.11 bits per heavy atom. The maximum atomic E-state index is 12.7. The van der Waals surface area contributed by atoms with Crippen LogP contribution in [0.5, 0.6) is 0 Å². The first-order chi connectivity index (χ1) is 8.82. The van der Waals surface area contributed by atoms with Crippen molar-refractivity contribution in [1.29, 1.82) is 0 Å². The molecule has 1 aliphatic rings. The third-order valence-electron chi connectivity index (χ3n) is 3.59. The lowest BCUT2D eigenvalue weighted by Crippen LogP contribution is -2.48. The summed E-state index contributed by atoms with van der Waals surface area (Å²) in [5, 5.41) is 0.436. The molecule has 1 aromatic rings. The van der Waals surface area contributed by atoms with Crippen LogP contribution in [0.2, 0.25) is 5.02 Å². The van der Waals surface area contributed by atoms with Crippen molar-refractivity contribution in [2.45, 2.75) is 43.7 Å². The van der Waals surface area contributed by atoms with Crippen LogP contribution in [0, 0.1) is 6.92 Å². The molecule has 0 saturated carbocycles. The Balaban J connectivity index is 2.39. The van der Waals surface area contributed by atoms with E-state index in [4.69, 9.17) is 17.3 Å². The summed E-state index contributed by atoms with van der Waals surface area (Å²) < 4.78 is 26.9. The van der Waals surface area contributed by atoms with Crippen molar-refractivity contribution in [2.75, 3.05) is 6.54 Å². The summed E-state index contributed by atoms with van der Waals surface area (Å²) in [4.78, 5) is 0.294. The highest BCUT2D eigenvalue weighted by atomic mass is 35.5. The Bertz CT molecular complexity index is 574. The van der Waals surface area contributed by atoms with Crippen molar-refractivity contribution in [2.24, 2.45) is 5.73 Å². The summed E-state index contributed by atoms with van der Waals surface area (Å²) in [6, 6.07) is 4.96. The summed E-state index contributed by atoms with van der Waals surface area (Å²) in [5.74, 6) is 0. The van der Waals surface area contributed by atoms with Crippen LogP contribution in [0.15, 0.2) is 23.1 Å². The zero-order valence-electron chi connectivity index (χ0n) is 11.1. The van der Waals surface area contributed by atoms with Crippen LogP contribution >= 0.6 is 11.6 Å². The van der Waals surface area contributed by atoms with Gasteiger partial charge in [0.1, 0.15) is 0 Å². The van der Waals surface area contributed by atoms with Gasteiger partial charge in [-0.3, -0.25) is 0 Å². The third-order valence-corrected chi connectivity index (χ3v) is 5.98. The predicted octanol–water partition coefficient (Wildman–Crippen LogP) is 2.15. The molecule has 2 rings (SSSR count). The number of rotatable bonds is 2. The molecule has 0 spiro atoms. The van der Waals surface area contributed by atoms with Gasteiger partial charge in [0.05, 0.1) is 4.90 Å². The standard InChI is InChI=1S/C13H19ClN2O2S/c1-9-3-4-11(14)8-13(9)19(17,18)16-6-5-12(15)7-10(16)2/h3-4,8,10,12H,5-7,15H2,1-2H3. The van der Waals surface area contributed by atoms with E-state index in [1.165, 1.54) is 10.4 Å². The highest BCUT2D eigenvalue weighted by Crippen LogP contribution is 2.28. The zero-order valence-corrected chi connectivity index (χ0v) is 12.7. The lowest BCUT2D eigenvalue weighted by atomic mass is 10.0. The van der Waals surface area contributed by atoms with Crippen LogP contribution in [0.3, 0.4) is 0 Å². The van der Waals surface area contributed by atoms with Crippen LogP contribution in [-0.2, 0) is 10.0 Å². The molecular weight excluding hydrogens is 284 g/mol. The van der Waals surface area contributed by atoms with E-state index in [0.717, 1.165) is 0 Å². The molecule has 2 atom stereocenters. The van der Waals surface area contributed by atoms with Crippen LogP contribution in [-0.4, -0.2) is 31.4 Å². The number of sulfonamides is 1. The zero-order chi connectivity index (χ0) is 14.2. The predicted molar refractivity (Wildman–Crippen MR) is 76.8 cm³/mol. The third kappa shape index (κ3) is 2.94. The molecule has 2 unspecified atom stereocenters. The van der Waals surface area contributed by atoms with Gasteiger partial charge in [0.15, 0.2) is 0 Å². The summed E-state index contributed by atoms with van der Waals surface area (Å²) >= 11 is 5.92. The Morgan fingerprint density at radius 1 is 1.42 bits per heavy atom. The molecule has 2 N–H and O–H groups in total. The highest BCUT2D eigenvalue weighted by molar-refractivity contribution is 7.89. The monoisotopic (exact) mass is 302 g/mol. The number of piperidine rings is 1. The van der Waals surface area contributed by atoms with Crippen LogP contribution in [0.1, 0.15) is 25.3 Å². The lowest BCUT2D eigenvalue weighted by Gasteiger charge is -2.35. The van der Waals surface area contributed by atoms with Crippen molar-refractivity contribution in [3.8, 4) is 0 Å². The molecule has 106 valence electrons. The SMILES string of the molecule is Cc1ccc(Cl)cc1S(=O)(=O)N1CCC(N)CC1C. The molecule has 0 radical (unpaired) electrons. The fourth-order valence-corrected chi connectivity index (χ4v) is 4.67. The quantitative estimate of drug-likeness (QED) is 0.910. The largest absolute Gasteiger partial charge is 0.328 e. The first kappa shape index (κ1) is 14.8. The molecule has 1 heterocycles. The van der Waals surface area contributed by atoms with E-state index in [1.54, 1.807) is 19.1 Å². The van der Waals surface area contributed by atoms with E-state index < -0.39 is 10.0 Å². The first-order valence-electron chi connectivity index (χ1n) is 6.36. The topological polar surface area (TPSA) is 63.4 Å². The number of nitrogens with zero attached hydrogens (tertiary/aromatic N) is 1. The van der Waals surface area contributed by atoms with Gasteiger partial charge in [0.25, 0.3) is 0 Å². The maximum absolute atomic E-state index is 12.7. The molecular formula is C13H19ClN2O2S. The summed E-state index contributed by atoms with van der Waals surface area (Å²) in [6.07, 6.45) is 1.39. The van der Waals surface area contributed by atoms with E-state index in [-0.39, 0.29) is 12.1 Å². The lowest BCUT2D eigenvalue weighted by molar-refractivity contribution is 0.247. The van der Waals surface area contributed by atoms with Crippen molar-refractivity contribution in [3.63, 3.8) is 0 Å². The molecule has 0 aliphatic carbocycles. The van der Waals surface area contributed by atoms with Gasteiger partial charge in [0, 0.05) is 23.7 Å². The summed E-state index contributed by atoms with van der Waals surface area (Å²) in [7, 11) is -3.49. The Labute approximate surface area is 119 Å². The first-order valence-corrected chi connectivity index (χ1v) is 8.17. The highest BCUT2D eigenvalue weighted by Gasteiger charge is 2.34. The average molecular weight is 303 g/mol. The van der Waals surface area contributed by atoms with E-state index in [0.29, 0.717) is 34.9 Å². The normalized spacial score (nSPS) is 25.5. The second-order valence-electron chi connectivity index (χ2n) is 5.16. The molecule has 1 saturated heterocycles.